The number of nitrogens with one attached hydrogen (secondary N) is 1. The lowest BCUT2D eigenvalue weighted by Gasteiger charge is -2.32. The first kappa shape index (κ1) is 32.6. The number of hydrogen-bond acceptors (Lipinski definition) is 6. The number of fused-ring (bicyclic) bond motifs is 1. The van der Waals surface area contributed by atoms with Gasteiger partial charge in [0.1, 0.15) is 35.2 Å². The van der Waals surface area contributed by atoms with Crippen LogP contribution in [0, 0.1) is 11.6 Å². The molecular weight excluding hydrogens is 636 g/mol. The maximum atomic E-state index is 15.5. The summed E-state index contributed by atoms with van der Waals surface area (Å²) in [6, 6.07) is -0.411. The standard InChI is InChI=1S/C23H16F12N6O3/c24-10-2-1-8(13-3-9(21(27,28)29)17-18(36)37-7-38-41(13)17)16(26)15(10)19(43)39-12-6-40(5-11(12)25)14(42)4-20(44,22(30,31)32)23(33,34)35/h1-3,7,11-12,44H,4-6H2,(H,39,43)(H2,36,37,38)/t11-,12+/m0/s1. The Kier molecular flexibility index (Phi) is 7.93. The first-order valence-electron chi connectivity index (χ1n) is 11.8. The molecule has 0 radical (unpaired) electrons. The van der Waals surface area contributed by atoms with Crippen LogP contribution in [0.25, 0.3) is 16.8 Å². The Morgan fingerprint density at radius 1 is 1.02 bits per heavy atom. The quantitative estimate of drug-likeness (QED) is 0.361. The van der Waals surface area contributed by atoms with Gasteiger partial charge >= 0.3 is 18.5 Å². The molecule has 4 N–H and O–H groups in total. The van der Waals surface area contributed by atoms with Crippen LogP contribution in [0.5, 0.6) is 0 Å². The number of alkyl halides is 10. The van der Waals surface area contributed by atoms with E-state index in [0.717, 1.165) is 6.33 Å². The number of carbonyl (C=O) groups excluding carboxylic acids is 2. The number of anilines is 1. The maximum absolute atomic E-state index is 15.5. The van der Waals surface area contributed by atoms with Gasteiger partial charge in [-0.1, -0.05) is 0 Å². The second kappa shape index (κ2) is 10.7. The number of likely N-dealkylation sites (tertiary alicyclic amines) is 1. The van der Waals surface area contributed by atoms with Gasteiger partial charge in [-0.2, -0.15) is 44.6 Å². The summed E-state index contributed by atoms with van der Waals surface area (Å²) < 4.78 is 164. The molecule has 4 rings (SSSR count). The van der Waals surface area contributed by atoms with Crippen LogP contribution in [-0.2, 0) is 11.0 Å². The predicted molar refractivity (Wildman–Crippen MR) is 122 cm³/mol. The van der Waals surface area contributed by atoms with Crippen molar-refractivity contribution in [3.63, 3.8) is 0 Å². The lowest BCUT2D eigenvalue weighted by atomic mass is 9.97. The molecule has 1 aliphatic rings. The largest absolute Gasteiger partial charge is 0.426 e. The van der Waals surface area contributed by atoms with E-state index in [0.29, 0.717) is 22.7 Å². The van der Waals surface area contributed by atoms with Gasteiger partial charge in [0.2, 0.25) is 5.91 Å². The third-order valence-electron chi connectivity index (χ3n) is 6.74. The summed E-state index contributed by atoms with van der Waals surface area (Å²) in [5.41, 5.74) is -5.14. The second-order valence-electron chi connectivity index (χ2n) is 9.56. The number of nitrogens with zero attached hydrogens (tertiary/aromatic N) is 4. The van der Waals surface area contributed by atoms with Crippen molar-refractivity contribution in [1.29, 1.82) is 0 Å². The molecule has 9 nitrogen and oxygen atoms in total. The Balaban J connectivity index is 1.62. The van der Waals surface area contributed by atoms with Gasteiger partial charge in [-0.15, -0.1) is 0 Å². The number of amides is 2. The predicted octanol–water partition coefficient (Wildman–Crippen LogP) is 3.80. The number of nitrogens with two attached hydrogens (primary N) is 1. The third kappa shape index (κ3) is 5.54. The third-order valence-corrected chi connectivity index (χ3v) is 6.74. The molecule has 2 aromatic heterocycles. The van der Waals surface area contributed by atoms with E-state index in [1.165, 1.54) is 0 Å². The number of carbonyl (C=O) groups is 2. The highest BCUT2D eigenvalue weighted by molar-refractivity contribution is 5.96. The number of hydrogen-bond donors (Lipinski definition) is 3. The summed E-state index contributed by atoms with van der Waals surface area (Å²) in [7, 11) is 0. The van der Waals surface area contributed by atoms with Crippen LogP contribution >= 0.6 is 0 Å². The molecule has 44 heavy (non-hydrogen) atoms. The molecular formula is C23H16F12N6O3. The van der Waals surface area contributed by atoms with Crippen molar-refractivity contribution in [2.24, 2.45) is 0 Å². The topological polar surface area (TPSA) is 126 Å². The Hall–Kier alpha value is -4.30. The van der Waals surface area contributed by atoms with Crippen molar-refractivity contribution in [2.75, 3.05) is 18.8 Å². The van der Waals surface area contributed by atoms with Crippen LogP contribution in [0.1, 0.15) is 22.3 Å². The van der Waals surface area contributed by atoms with Gasteiger partial charge in [0.15, 0.2) is 5.82 Å². The fraction of sp³-hybridized carbons (Fsp3) is 0.391. The summed E-state index contributed by atoms with van der Waals surface area (Å²) in [6.07, 6.45) is -22.0. The van der Waals surface area contributed by atoms with Gasteiger partial charge in [-0.3, -0.25) is 9.59 Å². The molecule has 2 atom stereocenters. The SMILES string of the molecule is Nc1ncnn2c(-c3ccc(F)c(C(=O)N[C@@H]4CN(C(=O)CC(O)(C(F)(F)F)C(F)(F)F)C[C@@H]4F)c3F)cc(C(F)(F)F)c12. The van der Waals surface area contributed by atoms with E-state index in [9.17, 15) is 63.0 Å². The normalized spacial score (nSPS) is 18.2. The summed E-state index contributed by atoms with van der Waals surface area (Å²) in [5.74, 6) is -7.79. The number of aliphatic hydroxyl groups is 1. The molecule has 240 valence electrons. The molecule has 0 unspecified atom stereocenters. The van der Waals surface area contributed by atoms with Crippen LogP contribution < -0.4 is 11.1 Å². The second-order valence-corrected chi connectivity index (χ2v) is 9.56. The molecule has 1 aromatic carbocycles. The molecule has 0 bridgehead atoms. The Labute approximate surface area is 236 Å². The van der Waals surface area contributed by atoms with Gasteiger partial charge in [-0.05, 0) is 18.2 Å². The minimum absolute atomic E-state index is 0.122. The zero-order valence-corrected chi connectivity index (χ0v) is 21.3. The molecule has 1 aliphatic heterocycles. The average Bonchev–Trinajstić information content (AvgIpc) is 3.44. The van der Waals surface area contributed by atoms with Crippen molar-refractivity contribution >= 4 is 23.1 Å². The van der Waals surface area contributed by atoms with Crippen LogP contribution in [-0.4, -0.2) is 79.7 Å². The highest BCUT2D eigenvalue weighted by atomic mass is 19.4. The van der Waals surface area contributed by atoms with Crippen LogP contribution in [0.15, 0.2) is 24.5 Å². The lowest BCUT2D eigenvalue weighted by molar-refractivity contribution is -0.367. The zero-order valence-electron chi connectivity index (χ0n) is 21.3. The monoisotopic (exact) mass is 652 g/mol. The fourth-order valence-corrected chi connectivity index (χ4v) is 4.47. The molecule has 0 aliphatic carbocycles. The number of halogens is 12. The van der Waals surface area contributed by atoms with Crippen LogP contribution in [0.2, 0.25) is 0 Å². The summed E-state index contributed by atoms with van der Waals surface area (Å²) >= 11 is 0. The first-order valence-corrected chi connectivity index (χ1v) is 11.8. The van der Waals surface area contributed by atoms with Crippen LogP contribution in [0.3, 0.4) is 0 Å². The molecule has 0 spiro atoms. The van der Waals surface area contributed by atoms with E-state index in [-0.39, 0.29) is 4.90 Å². The van der Waals surface area contributed by atoms with E-state index in [4.69, 9.17) is 5.73 Å². The lowest BCUT2D eigenvalue weighted by Crippen LogP contribution is -2.59. The van der Waals surface area contributed by atoms with E-state index in [1.807, 2.05) is 0 Å². The van der Waals surface area contributed by atoms with E-state index >= 15 is 4.39 Å². The molecule has 0 saturated carbocycles. The van der Waals surface area contributed by atoms with Crippen molar-refractivity contribution < 1.29 is 67.4 Å². The molecule has 3 aromatic rings. The number of benzene rings is 1. The Morgan fingerprint density at radius 3 is 2.20 bits per heavy atom. The van der Waals surface area contributed by atoms with Crippen molar-refractivity contribution in [3.8, 4) is 11.3 Å². The highest BCUT2D eigenvalue weighted by Crippen LogP contribution is 2.46. The zero-order chi connectivity index (χ0) is 33.2. The fourth-order valence-electron chi connectivity index (χ4n) is 4.47. The van der Waals surface area contributed by atoms with E-state index in [1.54, 1.807) is 5.32 Å². The van der Waals surface area contributed by atoms with Crippen molar-refractivity contribution in [2.45, 2.75) is 42.8 Å². The average molecular weight is 652 g/mol. The summed E-state index contributed by atoms with van der Waals surface area (Å²) in [4.78, 5) is 28.5. The number of aromatic nitrogens is 3. The summed E-state index contributed by atoms with van der Waals surface area (Å²) in [5, 5.41) is 14.6. The number of nitrogen functional groups attached to an aromatic ring is 1. The first-order chi connectivity index (χ1) is 20.1. The number of rotatable bonds is 5. The van der Waals surface area contributed by atoms with Crippen molar-refractivity contribution in [1.82, 2.24) is 24.8 Å². The minimum atomic E-state index is -6.35. The van der Waals surface area contributed by atoms with Crippen LogP contribution in [0.4, 0.5) is 58.5 Å². The molecule has 21 heteroatoms. The molecule has 1 fully saturated rings. The Morgan fingerprint density at radius 2 is 1.64 bits per heavy atom. The van der Waals surface area contributed by atoms with Gasteiger partial charge in [0.05, 0.1) is 30.3 Å². The summed E-state index contributed by atoms with van der Waals surface area (Å²) in [6.45, 7) is -2.24. The van der Waals surface area contributed by atoms with Crippen molar-refractivity contribution in [3.05, 3.63) is 47.3 Å². The molecule has 2 amide bonds. The van der Waals surface area contributed by atoms with Gasteiger partial charge < -0.3 is 21.1 Å². The molecule has 1 saturated heterocycles. The maximum Gasteiger partial charge on any atom is 0.426 e. The van der Waals surface area contributed by atoms with Gasteiger partial charge in [0, 0.05) is 12.1 Å². The van der Waals surface area contributed by atoms with E-state index in [2.05, 4.69) is 10.1 Å². The van der Waals surface area contributed by atoms with E-state index < -0.39 is 113 Å². The van der Waals surface area contributed by atoms with Gasteiger partial charge in [-0.25, -0.2) is 22.7 Å². The Bertz CT molecular complexity index is 1600. The highest BCUT2D eigenvalue weighted by Gasteiger charge is 2.71. The smallest absolute Gasteiger partial charge is 0.382 e. The molecule has 3 heterocycles. The van der Waals surface area contributed by atoms with Gasteiger partial charge in [0.25, 0.3) is 11.5 Å². The minimum Gasteiger partial charge on any atom is -0.382 e.